The van der Waals surface area contributed by atoms with Crippen molar-refractivity contribution < 1.29 is 4.79 Å². The zero-order chi connectivity index (χ0) is 16.6. The number of hydrogen-bond donors (Lipinski definition) is 2. The third-order valence-corrected chi connectivity index (χ3v) is 5.00. The highest BCUT2D eigenvalue weighted by Gasteiger charge is 2.29. The van der Waals surface area contributed by atoms with Crippen LogP contribution in [0.1, 0.15) is 72.6 Å². The number of carbonyl (C=O) groups excluding carboxylic acids is 1. The number of aromatic amines is 1. The van der Waals surface area contributed by atoms with Gasteiger partial charge in [0.2, 0.25) is 5.91 Å². The van der Waals surface area contributed by atoms with Gasteiger partial charge in [0.05, 0.1) is 11.7 Å². The van der Waals surface area contributed by atoms with Gasteiger partial charge in [0, 0.05) is 12.1 Å². The second-order valence-corrected chi connectivity index (χ2v) is 6.84. The van der Waals surface area contributed by atoms with Crippen LogP contribution >= 0.6 is 0 Å². The minimum atomic E-state index is 0.117. The van der Waals surface area contributed by atoms with E-state index in [0.29, 0.717) is 12.3 Å². The van der Waals surface area contributed by atoms with E-state index >= 15 is 0 Å². The topological polar surface area (TPSA) is 57.8 Å². The Hall–Kier alpha value is -2.10. The van der Waals surface area contributed by atoms with Crippen molar-refractivity contribution in [3.63, 3.8) is 0 Å². The molecule has 0 fully saturated rings. The summed E-state index contributed by atoms with van der Waals surface area (Å²) in [5.41, 5.74) is 5.86. The molecule has 3 rings (SSSR count). The molecular weight excluding hydrogens is 286 g/mol. The number of nitrogens with zero attached hydrogens (tertiary/aromatic N) is 1. The Morgan fingerprint density at radius 3 is 2.70 bits per heavy atom. The van der Waals surface area contributed by atoms with Gasteiger partial charge in [0.15, 0.2) is 0 Å². The molecular formula is C19H25N3O. The van der Waals surface area contributed by atoms with E-state index < -0.39 is 0 Å². The summed E-state index contributed by atoms with van der Waals surface area (Å²) in [5, 5.41) is 10.5. The van der Waals surface area contributed by atoms with E-state index in [1.165, 1.54) is 16.7 Å². The lowest BCUT2D eigenvalue weighted by Crippen LogP contribution is -2.28. The van der Waals surface area contributed by atoms with Gasteiger partial charge in [0.1, 0.15) is 0 Å². The van der Waals surface area contributed by atoms with Gasteiger partial charge in [-0.15, -0.1) is 0 Å². The van der Waals surface area contributed by atoms with Gasteiger partial charge in [-0.05, 0) is 48.8 Å². The number of aryl methyl sites for hydroxylation is 2. The van der Waals surface area contributed by atoms with E-state index in [1.807, 2.05) is 13.8 Å². The van der Waals surface area contributed by atoms with Gasteiger partial charge in [-0.25, -0.2) is 0 Å². The summed E-state index contributed by atoms with van der Waals surface area (Å²) in [6.07, 6.45) is 1.48. The van der Waals surface area contributed by atoms with Crippen molar-refractivity contribution in [3.05, 3.63) is 52.3 Å². The quantitative estimate of drug-likeness (QED) is 0.900. The summed E-state index contributed by atoms with van der Waals surface area (Å²) in [6, 6.07) is 8.58. The number of fused-ring (bicyclic) bond motifs is 1. The van der Waals surface area contributed by atoms with Crippen molar-refractivity contribution in [3.8, 4) is 0 Å². The fourth-order valence-corrected chi connectivity index (χ4v) is 3.94. The maximum atomic E-state index is 12.5. The maximum absolute atomic E-state index is 12.5. The number of carbonyl (C=O) groups is 1. The first-order valence-electron chi connectivity index (χ1n) is 8.37. The van der Waals surface area contributed by atoms with Crippen LogP contribution in [0.4, 0.5) is 0 Å². The van der Waals surface area contributed by atoms with E-state index in [-0.39, 0.29) is 17.9 Å². The van der Waals surface area contributed by atoms with Crippen molar-refractivity contribution in [1.29, 1.82) is 0 Å². The van der Waals surface area contributed by atoms with E-state index in [4.69, 9.17) is 0 Å². The number of benzene rings is 1. The average Bonchev–Trinajstić information content (AvgIpc) is 3.00. The van der Waals surface area contributed by atoms with Crippen LogP contribution in [0.25, 0.3) is 0 Å². The third-order valence-electron chi connectivity index (χ3n) is 5.00. The molecule has 1 heterocycles. The van der Waals surface area contributed by atoms with Crippen LogP contribution < -0.4 is 5.32 Å². The number of hydrogen-bond acceptors (Lipinski definition) is 2. The molecule has 4 nitrogen and oxygen atoms in total. The maximum Gasteiger partial charge on any atom is 0.221 e. The molecule has 0 saturated heterocycles. The summed E-state index contributed by atoms with van der Waals surface area (Å²) >= 11 is 0. The lowest BCUT2D eigenvalue weighted by Gasteiger charge is -2.17. The molecule has 0 aliphatic heterocycles. The van der Waals surface area contributed by atoms with Gasteiger partial charge < -0.3 is 5.32 Å². The molecule has 122 valence electrons. The highest BCUT2D eigenvalue weighted by Crippen LogP contribution is 2.39. The summed E-state index contributed by atoms with van der Waals surface area (Å²) < 4.78 is 0. The molecule has 1 aliphatic carbocycles. The van der Waals surface area contributed by atoms with Gasteiger partial charge >= 0.3 is 0 Å². The van der Waals surface area contributed by atoms with Crippen LogP contribution in [0.3, 0.4) is 0 Å². The van der Waals surface area contributed by atoms with Crippen LogP contribution in [-0.4, -0.2) is 16.1 Å². The van der Waals surface area contributed by atoms with E-state index in [2.05, 4.69) is 53.6 Å². The smallest absolute Gasteiger partial charge is 0.221 e. The monoisotopic (exact) mass is 311 g/mol. The van der Waals surface area contributed by atoms with Crippen molar-refractivity contribution in [2.75, 3.05) is 0 Å². The highest BCUT2D eigenvalue weighted by molar-refractivity contribution is 5.77. The zero-order valence-corrected chi connectivity index (χ0v) is 14.3. The first kappa shape index (κ1) is 15.8. The second-order valence-electron chi connectivity index (χ2n) is 6.84. The summed E-state index contributed by atoms with van der Waals surface area (Å²) in [5.74, 6) is 0.793. The molecule has 1 aromatic carbocycles. The summed E-state index contributed by atoms with van der Waals surface area (Å²) in [6.45, 7) is 8.32. The first-order chi connectivity index (χ1) is 11.0. The van der Waals surface area contributed by atoms with Crippen LogP contribution in [0, 0.1) is 13.8 Å². The fraction of sp³-hybridized carbons (Fsp3) is 0.474. The van der Waals surface area contributed by atoms with Gasteiger partial charge in [-0.2, -0.15) is 5.10 Å². The molecule has 1 amide bonds. The van der Waals surface area contributed by atoms with Crippen molar-refractivity contribution in [1.82, 2.24) is 15.5 Å². The molecule has 1 aliphatic rings. The third kappa shape index (κ3) is 3.03. The Labute approximate surface area is 137 Å². The predicted octanol–water partition coefficient (Wildman–Crippen LogP) is 3.88. The van der Waals surface area contributed by atoms with Crippen molar-refractivity contribution >= 4 is 5.91 Å². The lowest BCUT2D eigenvalue weighted by atomic mass is 9.95. The van der Waals surface area contributed by atoms with Gasteiger partial charge in [0.25, 0.3) is 0 Å². The van der Waals surface area contributed by atoms with E-state index in [0.717, 1.165) is 17.8 Å². The molecule has 1 aromatic heterocycles. The molecule has 0 radical (unpaired) electrons. The number of H-pyrrole nitrogens is 1. The van der Waals surface area contributed by atoms with Gasteiger partial charge in [-0.1, -0.05) is 38.1 Å². The van der Waals surface area contributed by atoms with Crippen LogP contribution in [-0.2, 0) is 4.79 Å². The standard InChI is InChI=1S/C19H25N3O/c1-11-9-17(16-8-6-5-7-15(11)16)20-18(23)10-12(2)19-13(3)21-22-14(19)4/h5-8,11-12,17H,9-10H2,1-4H3,(H,20,23)(H,21,22)/t11-,12-,17+/m1/s1. The van der Waals surface area contributed by atoms with Crippen molar-refractivity contribution in [2.45, 2.75) is 58.4 Å². The number of rotatable bonds is 4. The number of aromatic nitrogens is 2. The molecule has 0 spiro atoms. The van der Waals surface area contributed by atoms with Crippen molar-refractivity contribution in [2.24, 2.45) is 0 Å². The largest absolute Gasteiger partial charge is 0.349 e. The number of amides is 1. The summed E-state index contributed by atoms with van der Waals surface area (Å²) in [4.78, 5) is 12.5. The zero-order valence-electron chi connectivity index (χ0n) is 14.3. The Balaban J connectivity index is 1.67. The molecule has 23 heavy (non-hydrogen) atoms. The molecule has 2 aromatic rings. The normalized spacial score (nSPS) is 21.0. The average molecular weight is 311 g/mol. The fourth-order valence-electron chi connectivity index (χ4n) is 3.94. The lowest BCUT2D eigenvalue weighted by molar-refractivity contribution is -0.122. The SMILES string of the molecule is Cc1n[nH]c(C)c1[C@H](C)CC(=O)N[C@H]1C[C@@H](C)c2ccccc21. The molecule has 4 heteroatoms. The molecule has 0 saturated carbocycles. The second kappa shape index (κ2) is 6.19. The predicted molar refractivity (Wildman–Crippen MR) is 91.5 cm³/mol. The summed E-state index contributed by atoms with van der Waals surface area (Å²) in [7, 11) is 0. The number of nitrogens with one attached hydrogen (secondary N) is 2. The molecule has 0 bridgehead atoms. The Morgan fingerprint density at radius 2 is 2.04 bits per heavy atom. The van der Waals surface area contributed by atoms with E-state index in [9.17, 15) is 4.79 Å². The van der Waals surface area contributed by atoms with E-state index in [1.54, 1.807) is 0 Å². The minimum Gasteiger partial charge on any atom is -0.349 e. The highest BCUT2D eigenvalue weighted by atomic mass is 16.1. The Kier molecular flexibility index (Phi) is 4.24. The van der Waals surface area contributed by atoms with Crippen LogP contribution in [0.5, 0.6) is 0 Å². The minimum absolute atomic E-state index is 0.117. The molecule has 2 N–H and O–H groups in total. The molecule has 0 unspecified atom stereocenters. The Morgan fingerprint density at radius 1 is 1.35 bits per heavy atom. The van der Waals surface area contributed by atoms with Gasteiger partial charge in [-0.3, -0.25) is 9.89 Å². The Bertz CT molecular complexity index is 700. The first-order valence-corrected chi connectivity index (χ1v) is 8.37. The van der Waals surface area contributed by atoms with Crippen LogP contribution in [0.2, 0.25) is 0 Å². The molecule has 3 atom stereocenters. The van der Waals surface area contributed by atoms with Crippen LogP contribution in [0.15, 0.2) is 24.3 Å².